The van der Waals surface area contributed by atoms with E-state index in [4.69, 9.17) is 11.6 Å². The summed E-state index contributed by atoms with van der Waals surface area (Å²) in [6.07, 6.45) is 0.183. The summed E-state index contributed by atoms with van der Waals surface area (Å²) in [5.41, 5.74) is 0.873. The standard InChI is InChI=1S/C16H12BrClFN5OS/c17-10-4-5-14(13(19)8-10)20-15(25)6-7-26-16-21-22-23-24(16)12-3-1-2-11(18)9-12/h1-5,8-9H,6-7H2,(H,20,25). The molecule has 0 radical (unpaired) electrons. The molecule has 0 saturated heterocycles. The number of nitrogens with one attached hydrogen (secondary N) is 1. The maximum absolute atomic E-state index is 13.7. The fourth-order valence-electron chi connectivity index (χ4n) is 2.08. The largest absolute Gasteiger partial charge is 0.324 e. The second-order valence-electron chi connectivity index (χ2n) is 5.12. The number of anilines is 1. The average molecular weight is 457 g/mol. The van der Waals surface area contributed by atoms with E-state index in [1.807, 2.05) is 6.07 Å². The number of benzene rings is 2. The van der Waals surface area contributed by atoms with Crippen LogP contribution in [0.5, 0.6) is 0 Å². The zero-order valence-electron chi connectivity index (χ0n) is 13.2. The first kappa shape index (κ1) is 18.8. The van der Waals surface area contributed by atoms with Gasteiger partial charge < -0.3 is 5.32 Å². The lowest BCUT2D eigenvalue weighted by Gasteiger charge is -2.07. The minimum absolute atomic E-state index is 0.145. The van der Waals surface area contributed by atoms with Gasteiger partial charge in [0.15, 0.2) is 0 Å². The predicted molar refractivity (Wildman–Crippen MR) is 102 cm³/mol. The number of carbonyl (C=O) groups excluding carboxylic acids is 1. The number of nitrogens with zero attached hydrogens (tertiary/aromatic N) is 4. The lowest BCUT2D eigenvalue weighted by molar-refractivity contribution is -0.115. The lowest BCUT2D eigenvalue weighted by atomic mass is 10.3. The van der Waals surface area contributed by atoms with Crippen LogP contribution in [-0.4, -0.2) is 31.9 Å². The highest BCUT2D eigenvalue weighted by Crippen LogP contribution is 2.22. The van der Waals surface area contributed by atoms with Crippen LogP contribution in [-0.2, 0) is 4.79 Å². The second-order valence-corrected chi connectivity index (χ2v) is 7.54. The zero-order chi connectivity index (χ0) is 18.5. The maximum atomic E-state index is 13.7. The van der Waals surface area contributed by atoms with Crippen LogP contribution >= 0.6 is 39.3 Å². The molecule has 0 spiro atoms. The van der Waals surface area contributed by atoms with Crippen molar-refractivity contribution in [2.24, 2.45) is 0 Å². The average Bonchev–Trinajstić information content (AvgIpc) is 3.06. The second kappa shape index (κ2) is 8.61. The third-order valence-corrected chi connectivity index (χ3v) is 4.91. The molecule has 6 nitrogen and oxygen atoms in total. The zero-order valence-corrected chi connectivity index (χ0v) is 16.4. The van der Waals surface area contributed by atoms with Crippen LogP contribution in [0.15, 0.2) is 52.1 Å². The van der Waals surface area contributed by atoms with Gasteiger partial charge in [0.1, 0.15) is 5.82 Å². The Kier molecular flexibility index (Phi) is 6.23. The molecule has 1 amide bonds. The van der Waals surface area contributed by atoms with Gasteiger partial charge in [0.05, 0.1) is 11.4 Å². The smallest absolute Gasteiger partial charge is 0.225 e. The van der Waals surface area contributed by atoms with Gasteiger partial charge in [0, 0.05) is 21.7 Å². The van der Waals surface area contributed by atoms with Crippen molar-refractivity contribution in [3.63, 3.8) is 0 Å². The third-order valence-electron chi connectivity index (χ3n) is 3.26. The molecule has 0 fully saturated rings. The van der Waals surface area contributed by atoms with Crippen molar-refractivity contribution in [1.82, 2.24) is 20.2 Å². The molecule has 1 heterocycles. The molecule has 1 aromatic heterocycles. The molecule has 0 aliphatic rings. The summed E-state index contributed by atoms with van der Waals surface area (Å²) in [4.78, 5) is 12.0. The summed E-state index contributed by atoms with van der Waals surface area (Å²) in [6, 6.07) is 11.6. The van der Waals surface area contributed by atoms with Gasteiger partial charge in [-0.1, -0.05) is 45.4 Å². The first-order valence-corrected chi connectivity index (χ1v) is 9.60. The van der Waals surface area contributed by atoms with Crippen molar-refractivity contribution in [1.29, 1.82) is 0 Å². The van der Waals surface area contributed by atoms with Crippen LogP contribution in [0, 0.1) is 5.82 Å². The van der Waals surface area contributed by atoms with Gasteiger partial charge in [-0.2, -0.15) is 4.68 Å². The number of hydrogen-bond donors (Lipinski definition) is 1. The number of carbonyl (C=O) groups is 1. The van der Waals surface area contributed by atoms with E-state index in [9.17, 15) is 9.18 Å². The molecule has 1 N–H and O–H groups in total. The first-order chi connectivity index (χ1) is 12.5. The van der Waals surface area contributed by atoms with Gasteiger partial charge in [-0.05, 0) is 46.8 Å². The van der Waals surface area contributed by atoms with E-state index in [2.05, 4.69) is 36.8 Å². The normalized spacial score (nSPS) is 10.7. The van der Waals surface area contributed by atoms with Crippen LogP contribution in [0.2, 0.25) is 5.02 Å². The number of rotatable bonds is 6. The first-order valence-electron chi connectivity index (χ1n) is 7.45. The molecule has 0 unspecified atom stereocenters. The number of aromatic nitrogens is 4. The molecule has 134 valence electrons. The predicted octanol–water partition coefficient (Wildman–Crippen LogP) is 4.34. The molecular weight excluding hydrogens is 445 g/mol. The molecule has 3 aromatic rings. The van der Waals surface area contributed by atoms with E-state index < -0.39 is 5.82 Å². The maximum Gasteiger partial charge on any atom is 0.225 e. The Morgan fingerprint density at radius 2 is 2.15 bits per heavy atom. The van der Waals surface area contributed by atoms with Crippen molar-refractivity contribution in [2.75, 3.05) is 11.1 Å². The summed E-state index contributed by atoms with van der Waals surface area (Å²) >= 11 is 10.5. The summed E-state index contributed by atoms with van der Waals surface area (Å²) in [7, 11) is 0. The quantitative estimate of drug-likeness (QED) is 0.559. The molecule has 0 atom stereocenters. The van der Waals surface area contributed by atoms with Crippen LogP contribution in [0.25, 0.3) is 5.69 Å². The van der Waals surface area contributed by atoms with Crippen molar-refractivity contribution in [3.05, 3.63) is 57.8 Å². The van der Waals surface area contributed by atoms with E-state index in [0.717, 1.165) is 5.69 Å². The van der Waals surface area contributed by atoms with E-state index >= 15 is 0 Å². The molecule has 0 aliphatic heterocycles. The van der Waals surface area contributed by atoms with Crippen molar-refractivity contribution >= 4 is 50.9 Å². The molecule has 0 bridgehead atoms. The topological polar surface area (TPSA) is 72.7 Å². The van der Waals surface area contributed by atoms with Gasteiger partial charge in [0.25, 0.3) is 0 Å². The van der Waals surface area contributed by atoms with Gasteiger partial charge in [-0.3, -0.25) is 4.79 Å². The third kappa shape index (κ3) is 4.80. The van der Waals surface area contributed by atoms with Gasteiger partial charge in [-0.25, -0.2) is 4.39 Å². The summed E-state index contributed by atoms with van der Waals surface area (Å²) in [5, 5.41) is 15.2. The van der Waals surface area contributed by atoms with E-state index in [-0.39, 0.29) is 18.0 Å². The van der Waals surface area contributed by atoms with Crippen molar-refractivity contribution in [2.45, 2.75) is 11.6 Å². The molecule has 3 rings (SSSR count). The SMILES string of the molecule is O=C(CCSc1nnnn1-c1cccc(Cl)c1)Nc1ccc(Br)cc1F. The Morgan fingerprint density at radius 3 is 2.92 bits per heavy atom. The van der Waals surface area contributed by atoms with Crippen LogP contribution in [0.1, 0.15) is 6.42 Å². The Labute approximate surface area is 166 Å². The summed E-state index contributed by atoms with van der Waals surface area (Å²) in [6.45, 7) is 0. The highest BCUT2D eigenvalue weighted by molar-refractivity contribution is 9.10. The number of tetrazole rings is 1. The van der Waals surface area contributed by atoms with Gasteiger partial charge in [-0.15, -0.1) is 5.10 Å². The highest BCUT2D eigenvalue weighted by Gasteiger charge is 2.12. The van der Waals surface area contributed by atoms with Crippen molar-refractivity contribution in [3.8, 4) is 5.69 Å². The minimum atomic E-state index is -0.495. The fraction of sp³-hybridized carbons (Fsp3) is 0.125. The van der Waals surface area contributed by atoms with E-state index in [0.29, 0.717) is 20.4 Å². The van der Waals surface area contributed by atoms with Crippen LogP contribution < -0.4 is 5.32 Å². The van der Waals surface area contributed by atoms with Gasteiger partial charge >= 0.3 is 0 Å². The van der Waals surface area contributed by atoms with Crippen molar-refractivity contribution < 1.29 is 9.18 Å². The Hall–Kier alpha value is -1.97. The summed E-state index contributed by atoms with van der Waals surface area (Å²) < 4.78 is 15.9. The molecule has 0 saturated carbocycles. The Morgan fingerprint density at radius 1 is 1.31 bits per heavy atom. The number of halogens is 3. The number of amides is 1. The fourth-order valence-corrected chi connectivity index (χ4v) is 3.42. The Bertz CT molecular complexity index is 939. The van der Waals surface area contributed by atoms with E-state index in [1.165, 1.54) is 23.9 Å². The molecule has 2 aromatic carbocycles. The summed E-state index contributed by atoms with van der Waals surface area (Å²) in [5.74, 6) is -0.351. The molecule has 10 heteroatoms. The highest BCUT2D eigenvalue weighted by atomic mass is 79.9. The number of hydrogen-bond acceptors (Lipinski definition) is 5. The van der Waals surface area contributed by atoms with Crippen LogP contribution in [0.4, 0.5) is 10.1 Å². The lowest BCUT2D eigenvalue weighted by Crippen LogP contribution is -2.13. The van der Waals surface area contributed by atoms with Crippen LogP contribution in [0.3, 0.4) is 0 Å². The molecule has 26 heavy (non-hydrogen) atoms. The minimum Gasteiger partial charge on any atom is -0.324 e. The van der Waals surface area contributed by atoms with E-state index in [1.54, 1.807) is 28.9 Å². The molecule has 0 aliphatic carbocycles. The number of thioether (sulfide) groups is 1. The molecular formula is C16H12BrClFN5OS. The van der Waals surface area contributed by atoms with Gasteiger partial charge in [0.2, 0.25) is 11.1 Å². The Balaban J connectivity index is 1.57. The monoisotopic (exact) mass is 455 g/mol.